The molecule has 4 rings (SSSR count). The molecule has 5 heteroatoms. The number of carbonyl (C=O) groups is 1. The van der Waals surface area contributed by atoms with Crippen molar-refractivity contribution in [2.45, 2.75) is 56.8 Å². The highest BCUT2D eigenvalue weighted by Gasteiger charge is 2.45. The molecule has 5 nitrogen and oxygen atoms in total. The highest BCUT2D eigenvalue weighted by Crippen LogP contribution is 2.43. The third-order valence-electron chi connectivity index (χ3n) is 5.79. The molecule has 0 N–H and O–H groups in total. The molecule has 1 aromatic carbocycles. The van der Waals surface area contributed by atoms with Gasteiger partial charge in [-0.15, -0.1) is 0 Å². The summed E-state index contributed by atoms with van der Waals surface area (Å²) in [7, 11) is 0. The predicted octanol–water partition coefficient (Wildman–Crippen LogP) is 3.60. The summed E-state index contributed by atoms with van der Waals surface area (Å²) in [6, 6.07) is 10.3. The molecule has 2 aromatic rings. The summed E-state index contributed by atoms with van der Waals surface area (Å²) >= 11 is 0. The molecule has 1 aromatic heterocycles. The van der Waals surface area contributed by atoms with E-state index in [0.29, 0.717) is 18.3 Å². The molecule has 1 saturated heterocycles. The van der Waals surface area contributed by atoms with E-state index in [2.05, 4.69) is 22.3 Å². The van der Waals surface area contributed by atoms with Gasteiger partial charge < -0.3 is 9.42 Å². The Kier molecular flexibility index (Phi) is 4.32. The van der Waals surface area contributed by atoms with E-state index in [1.54, 1.807) is 0 Å². The van der Waals surface area contributed by atoms with Gasteiger partial charge in [-0.05, 0) is 38.2 Å². The van der Waals surface area contributed by atoms with Gasteiger partial charge in [-0.25, -0.2) is 0 Å². The van der Waals surface area contributed by atoms with E-state index in [-0.39, 0.29) is 17.2 Å². The van der Waals surface area contributed by atoms with Gasteiger partial charge >= 0.3 is 0 Å². The van der Waals surface area contributed by atoms with E-state index in [1.165, 1.54) is 5.56 Å². The van der Waals surface area contributed by atoms with E-state index in [0.717, 1.165) is 45.1 Å². The normalized spacial score (nSPS) is 22.9. The lowest BCUT2D eigenvalue weighted by Crippen LogP contribution is -2.49. The SMILES string of the molecule is Cc1noc([C@H]2CCCN(C(=O)C3(c4ccccc4)CCCC3)C2)n1. The lowest BCUT2D eigenvalue weighted by Gasteiger charge is -2.38. The number of benzene rings is 1. The summed E-state index contributed by atoms with van der Waals surface area (Å²) < 4.78 is 5.37. The molecule has 2 fully saturated rings. The molecule has 0 bridgehead atoms. The topological polar surface area (TPSA) is 59.2 Å². The maximum absolute atomic E-state index is 13.6. The van der Waals surface area contributed by atoms with Crippen molar-refractivity contribution in [1.82, 2.24) is 15.0 Å². The van der Waals surface area contributed by atoms with Crippen LogP contribution in [-0.2, 0) is 10.2 Å². The molecule has 0 unspecified atom stereocenters. The van der Waals surface area contributed by atoms with Crippen molar-refractivity contribution in [1.29, 1.82) is 0 Å². The molecular formula is C20H25N3O2. The first-order valence-corrected chi connectivity index (χ1v) is 9.34. The van der Waals surface area contributed by atoms with Crippen LogP contribution in [-0.4, -0.2) is 34.0 Å². The lowest BCUT2D eigenvalue weighted by molar-refractivity contribution is -0.138. The third kappa shape index (κ3) is 2.96. The van der Waals surface area contributed by atoms with Gasteiger partial charge in [0.15, 0.2) is 5.82 Å². The highest BCUT2D eigenvalue weighted by molar-refractivity contribution is 5.88. The van der Waals surface area contributed by atoms with E-state index in [9.17, 15) is 4.79 Å². The summed E-state index contributed by atoms with van der Waals surface area (Å²) in [6.07, 6.45) is 6.15. The van der Waals surface area contributed by atoms with Gasteiger partial charge in [-0.1, -0.05) is 48.3 Å². The van der Waals surface area contributed by atoms with Crippen molar-refractivity contribution in [2.75, 3.05) is 13.1 Å². The van der Waals surface area contributed by atoms with Crippen LogP contribution in [0.25, 0.3) is 0 Å². The van der Waals surface area contributed by atoms with Crippen molar-refractivity contribution < 1.29 is 9.32 Å². The molecule has 1 amide bonds. The number of rotatable bonds is 3. The zero-order chi connectivity index (χ0) is 17.3. The molecule has 1 aliphatic heterocycles. The fraction of sp³-hybridized carbons (Fsp3) is 0.550. The summed E-state index contributed by atoms with van der Waals surface area (Å²) in [4.78, 5) is 20.0. The smallest absolute Gasteiger partial charge is 0.233 e. The summed E-state index contributed by atoms with van der Waals surface area (Å²) in [5, 5.41) is 3.91. The molecule has 2 heterocycles. The summed E-state index contributed by atoms with van der Waals surface area (Å²) in [5.41, 5.74) is 0.835. The summed E-state index contributed by atoms with van der Waals surface area (Å²) in [5.74, 6) is 1.79. The highest BCUT2D eigenvalue weighted by atomic mass is 16.5. The van der Waals surface area contributed by atoms with Crippen LogP contribution in [0.3, 0.4) is 0 Å². The van der Waals surface area contributed by atoms with Gasteiger partial charge in [0.25, 0.3) is 0 Å². The maximum Gasteiger partial charge on any atom is 0.233 e. The Morgan fingerprint density at radius 3 is 2.64 bits per heavy atom. The quantitative estimate of drug-likeness (QED) is 0.857. The van der Waals surface area contributed by atoms with Gasteiger partial charge in [-0.3, -0.25) is 4.79 Å². The molecule has 0 spiro atoms. The van der Waals surface area contributed by atoms with Gasteiger partial charge in [0.1, 0.15) is 0 Å². The van der Waals surface area contributed by atoms with E-state index >= 15 is 0 Å². The number of likely N-dealkylation sites (tertiary alicyclic amines) is 1. The standard InChI is InChI=1S/C20H25N3O2/c1-15-21-18(25-22-15)16-8-7-13-23(14-16)19(24)20(11-5-6-12-20)17-9-3-2-4-10-17/h2-4,9-10,16H,5-8,11-14H2,1H3/t16-/m0/s1. The zero-order valence-corrected chi connectivity index (χ0v) is 14.8. The Hall–Kier alpha value is -2.17. The van der Waals surface area contributed by atoms with Crippen LogP contribution in [0.2, 0.25) is 0 Å². The predicted molar refractivity (Wildman–Crippen MR) is 94.2 cm³/mol. The minimum absolute atomic E-state index is 0.160. The lowest BCUT2D eigenvalue weighted by atomic mass is 9.77. The van der Waals surface area contributed by atoms with Crippen LogP contribution in [0, 0.1) is 6.92 Å². The maximum atomic E-state index is 13.6. The molecule has 0 radical (unpaired) electrons. The number of hydrogen-bond donors (Lipinski definition) is 0. The minimum atomic E-state index is -0.339. The Labute approximate surface area is 148 Å². The van der Waals surface area contributed by atoms with E-state index in [4.69, 9.17) is 4.52 Å². The Morgan fingerprint density at radius 2 is 1.96 bits per heavy atom. The van der Waals surface area contributed by atoms with E-state index in [1.807, 2.05) is 30.0 Å². The van der Waals surface area contributed by atoms with Crippen molar-refractivity contribution in [3.8, 4) is 0 Å². The zero-order valence-electron chi connectivity index (χ0n) is 14.8. The third-order valence-corrected chi connectivity index (χ3v) is 5.79. The number of aromatic nitrogens is 2. The molecule has 1 aliphatic carbocycles. The monoisotopic (exact) mass is 339 g/mol. The number of nitrogens with zero attached hydrogens (tertiary/aromatic N) is 3. The van der Waals surface area contributed by atoms with Gasteiger partial charge in [0.05, 0.1) is 11.3 Å². The van der Waals surface area contributed by atoms with Crippen molar-refractivity contribution in [3.63, 3.8) is 0 Å². The van der Waals surface area contributed by atoms with Crippen LogP contribution < -0.4 is 0 Å². The second kappa shape index (κ2) is 6.62. The molecule has 1 saturated carbocycles. The van der Waals surface area contributed by atoms with Gasteiger partial charge in [-0.2, -0.15) is 4.98 Å². The fourth-order valence-corrected chi connectivity index (χ4v) is 4.51. The number of aryl methyl sites for hydroxylation is 1. The van der Waals surface area contributed by atoms with Crippen molar-refractivity contribution in [2.24, 2.45) is 0 Å². The van der Waals surface area contributed by atoms with Crippen molar-refractivity contribution in [3.05, 3.63) is 47.6 Å². The van der Waals surface area contributed by atoms with Crippen molar-refractivity contribution >= 4 is 5.91 Å². The average Bonchev–Trinajstić information content (AvgIpc) is 3.32. The van der Waals surface area contributed by atoms with Crippen LogP contribution >= 0.6 is 0 Å². The van der Waals surface area contributed by atoms with Gasteiger partial charge in [0, 0.05) is 13.1 Å². The first kappa shape index (κ1) is 16.3. The number of carbonyl (C=O) groups excluding carboxylic acids is 1. The van der Waals surface area contributed by atoms with Crippen LogP contribution in [0.15, 0.2) is 34.9 Å². The average molecular weight is 339 g/mol. The second-order valence-corrected chi connectivity index (χ2v) is 7.43. The minimum Gasteiger partial charge on any atom is -0.341 e. The van der Waals surface area contributed by atoms with Gasteiger partial charge in [0.2, 0.25) is 11.8 Å². The largest absolute Gasteiger partial charge is 0.341 e. The molecule has 2 aliphatic rings. The Morgan fingerprint density at radius 1 is 1.20 bits per heavy atom. The second-order valence-electron chi connectivity index (χ2n) is 7.43. The first-order chi connectivity index (χ1) is 12.2. The number of piperidine rings is 1. The fourth-order valence-electron chi connectivity index (χ4n) is 4.51. The summed E-state index contributed by atoms with van der Waals surface area (Å²) in [6.45, 7) is 3.35. The van der Waals surface area contributed by atoms with E-state index < -0.39 is 0 Å². The Balaban J connectivity index is 1.58. The number of amides is 1. The number of hydrogen-bond acceptors (Lipinski definition) is 4. The van der Waals surface area contributed by atoms with Crippen LogP contribution in [0.5, 0.6) is 0 Å². The van der Waals surface area contributed by atoms with Crippen LogP contribution in [0.1, 0.15) is 61.7 Å². The van der Waals surface area contributed by atoms with Crippen LogP contribution in [0.4, 0.5) is 0 Å². The molecular weight excluding hydrogens is 314 g/mol. The first-order valence-electron chi connectivity index (χ1n) is 9.34. The molecule has 1 atom stereocenters. The molecule has 132 valence electrons. The Bertz CT molecular complexity index is 734. The molecule has 25 heavy (non-hydrogen) atoms.